The van der Waals surface area contributed by atoms with Gasteiger partial charge in [0, 0.05) is 12.4 Å². The third kappa shape index (κ3) is 3.28. The van der Waals surface area contributed by atoms with Crippen molar-refractivity contribution in [1.29, 1.82) is 0 Å². The summed E-state index contributed by atoms with van der Waals surface area (Å²) in [6.45, 7) is 1.81. The smallest absolute Gasteiger partial charge is 0.308 e. The maximum absolute atomic E-state index is 12.6. The van der Waals surface area contributed by atoms with E-state index in [0.29, 0.717) is 28.6 Å². The minimum Gasteiger partial charge on any atom is -0.481 e. The molecule has 0 radical (unpaired) electrons. The molecule has 1 amide bonds. The van der Waals surface area contributed by atoms with Gasteiger partial charge >= 0.3 is 5.97 Å². The normalized spacial score (nSPS) is 23.6. The number of aromatic nitrogens is 3. The van der Waals surface area contributed by atoms with Crippen LogP contribution in [0.25, 0.3) is 10.8 Å². The Bertz CT molecular complexity index is 749. The maximum atomic E-state index is 12.6. The predicted molar refractivity (Wildman–Crippen MR) is 88.6 cm³/mol. The number of hydrogen-bond donors (Lipinski definition) is 2. The first-order valence-corrected chi connectivity index (χ1v) is 8.60. The van der Waals surface area contributed by atoms with Crippen LogP contribution < -0.4 is 5.32 Å². The number of nitrogens with zero attached hydrogens (tertiary/aromatic N) is 3. The molecular formula is C16H18N4O3S. The molecule has 7 nitrogen and oxygen atoms in total. The first kappa shape index (κ1) is 16.5. The molecule has 2 heterocycles. The fourth-order valence-corrected chi connectivity index (χ4v) is 3.85. The minimum absolute atomic E-state index is 0.301. The van der Waals surface area contributed by atoms with Crippen LogP contribution in [-0.2, 0) is 4.79 Å². The molecule has 126 valence electrons. The van der Waals surface area contributed by atoms with E-state index in [2.05, 4.69) is 20.3 Å². The lowest BCUT2D eigenvalue weighted by atomic mass is 9.74. The van der Waals surface area contributed by atoms with Gasteiger partial charge in [0.1, 0.15) is 4.88 Å². The van der Waals surface area contributed by atoms with Crippen molar-refractivity contribution in [3.8, 4) is 10.8 Å². The molecule has 1 aliphatic carbocycles. The fraction of sp³-hybridized carbons (Fsp3) is 0.438. The van der Waals surface area contributed by atoms with Gasteiger partial charge < -0.3 is 10.4 Å². The van der Waals surface area contributed by atoms with Crippen LogP contribution in [0.1, 0.15) is 42.3 Å². The second-order valence-electron chi connectivity index (χ2n) is 6.11. The van der Waals surface area contributed by atoms with Crippen molar-refractivity contribution in [3.63, 3.8) is 0 Å². The Morgan fingerprint density at radius 2 is 2.04 bits per heavy atom. The van der Waals surface area contributed by atoms with Gasteiger partial charge in [-0.2, -0.15) is 0 Å². The van der Waals surface area contributed by atoms with Crippen molar-refractivity contribution >= 4 is 23.2 Å². The summed E-state index contributed by atoms with van der Waals surface area (Å²) in [6.07, 6.45) is 7.73. The summed E-state index contributed by atoms with van der Waals surface area (Å²) in [7, 11) is 0. The number of thiazole rings is 1. The van der Waals surface area contributed by atoms with E-state index in [4.69, 9.17) is 0 Å². The largest absolute Gasteiger partial charge is 0.481 e. The van der Waals surface area contributed by atoms with Crippen LogP contribution in [0.15, 0.2) is 24.7 Å². The van der Waals surface area contributed by atoms with Gasteiger partial charge in [-0.1, -0.05) is 12.8 Å². The van der Waals surface area contributed by atoms with Crippen molar-refractivity contribution < 1.29 is 14.7 Å². The highest BCUT2D eigenvalue weighted by Gasteiger charge is 2.42. The summed E-state index contributed by atoms with van der Waals surface area (Å²) in [5.41, 5.74) is -0.742. The van der Waals surface area contributed by atoms with Gasteiger partial charge in [0.05, 0.1) is 17.7 Å². The fourth-order valence-electron chi connectivity index (χ4n) is 3.09. The molecule has 1 aliphatic rings. The van der Waals surface area contributed by atoms with Gasteiger partial charge in [0.15, 0.2) is 10.8 Å². The molecule has 2 unspecified atom stereocenters. The SMILES string of the molecule is CC1(NC(=O)c2cnc(-c3ncccn3)s2)CCCCC1C(=O)O. The maximum Gasteiger partial charge on any atom is 0.308 e. The van der Waals surface area contributed by atoms with Crippen molar-refractivity contribution in [2.24, 2.45) is 5.92 Å². The van der Waals surface area contributed by atoms with E-state index in [1.807, 2.05) is 6.92 Å². The lowest BCUT2D eigenvalue weighted by molar-refractivity contribution is -0.145. The van der Waals surface area contributed by atoms with Gasteiger partial charge in [0.2, 0.25) is 0 Å². The lowest BCUT2D eigenvalue weighted by Gasteiger charge is -2.39. The molecule has 0 spiro atoms. The number of nitrogens with one attached hydrogen (secondary N) is 1. The average Bonchev–Trinajstić information content (AvgIpc) is 3.05. The Labute approximate surface area is 143 Å². The monoisotopic (exact) mass is 346 g/mol. The highest BCUT2D eigenvalue weighted by atomic mass is 32.1. The van der Waals surface area contributed by atoms with Crippen molar-refractivity contribution in [2.75, 3.05) is 0 Å². The Hall–Kier alpha value is -2.35. The number of rotatable bonds is 4. The van der Waals surface area contributed by atoms with E-state index in [9.17, 15) is 14.7 Å². The van der Waals surface area contributed by atoms with Gasteiger partial charge in [-0.3, -0.25) is 9.59 Å². The molecule has 8 heteroatoms. The highest BCUT2D eigenvalue weighted by molar-refractivity contribution is 7.16. The lowest BCUT2D eigenvalue weighted by Crippen LogP contribution is -2.55. The van der Waals surface area contributed by atoms with Crippen LogP contribution in [0.3, 0.4) is 0 Å². The second kappa shape index (κ2) is 6.64. The summed E-state index contributed by atoms with van der Waals surface area (Å²) in [6, 6.07) is 1.71. The van der Waals surface area contributed by atoms with Crippen molar-refractivity contribution in [3.05, 3.63) is 29.5 Å². The first-order chi connectivity index (χ1) is 11.5. The molecule has 24 heavy (non-hydrogen) atoms. The molecule has 0 aromatic carbocycles. The van der Waals surface area contributed by atoms with E-state index in [0.717, 1.165) is 12.8 Å². The highest BCUT2D eigenvalue weighted by Crippen LogP contribution is 2.34. The van der Waals surface area contributed by atoms with E-state index in [1.165, 1.54) is 17.5 Å². The van der Waals surface area contributed by atoms with Crippen LogP contribution in [0.2, 0.25) is 0 Å². The molecule has 2 aromatic rings. The molecular weight excluding hydrogens is 328 g/mol. The molecule has 0 aliphatic heterocycles. The Morgan fingerprint density at radius 1 is 1.29 bits per heavy atom. The first-order valence-electron chi connectivity index (χ1n) is 7.78. The second-order valence-corrected chi connectivity index (χ2v) is 7.14. The van der Waals surface area contributed by atoms with E-state index in [1.54, 1.807) is 18.5 Å². The number of hydrogen-bond acceptors (Lipinski definition) is 6. The number of carbonyl (C=O) groups is 2. The predicted octanol–water partition coefficient (Wildman–Crippen LogP) is 2.36. The summed E-state index contributed by atoms with van der Waals surface area (Å²) in [4.78, 5) is 36.9. The molecule has 0 bridgehead atoms. The van der Waals surface area contributed by atoms with E-state index >= 15 is 0 Å². The van der Waals surface area contributed by atoms with Crippen molar-refractivity contribution in [2.45, 2.75) is 38.1 Å². The zero-order valence-corrected chi connectivity index (χ0v) is 14.0. The molecule has 1 saturated carbocycles. The molecule has 0 saturated heterocycles. The number of amides is 1. The average molecular weight is 346 g/mol. The van der Waals surface area contributed by atoms with Crippen LogP contribution in [0.5, 0.6) is 0 Å². The van der Waals surface area contributed by atoms with Crippen LogP contribution >= 0.6 is 11.3 Å². The number of carboxylic acids is 1. The topological polar surface area (TPSA) is 105 Å². The Balaban J connectivity index is 1.77. The summed E-state index contributed by atoms with van der Waals surface area (Å²) < 4.78 is 0. The number of carbonyl (C=O) groups excluding carboxylic acids is 1. The quantitative estimate of drug-likeness (QED) is 0.880. The minimum atomic E-state index is -0.861. The molecule has 1 fully saturated rings. The zero-order chi connectivity index (χ0) is 17.2. The third-order valence-corrected chi connectivity index (χ3v) is 5.38. The number of aliphatic carboxylic acids is 1. The zero-order valence-electron chi connectivity index (χ0n) is 13.2. The van der Waals surface area contributed by atoms with Gasteiger partial charge in [-0.15, -0.1) is 11.3 Å². The van der Waals surface area contributed by atoms with E-state index in [-0.39, 0.29) is 5.91 Å². The van der Waals surface area contributed by atoms with Crippen molar-refractivity contribution in [1.82, 2.24) is 20.3 Å². The number of carboxylic acid groups (broad SMARTS) is 1. The Morgan fingerprint density at radius 3 is 2.75 bits per heavy atom. The van der Waals surface area contributed by atoms with Gasteiger partial charge in [0.25, 0.3) is 5.91 Å². The summed E-state index contributed by atoms with van der Waals surface area (Å²) >= 11 is 1.20. The standard InChI is InChI=1S/C16H18N4O3S/c1-16(6-3-2-5-10(16)15(22)23)20-13(21)11-9-19-14(24-11)12-17-7-4-8-18-12/h4,7-10H,2-3,5-6H2,1H3,(H,20,21)(H,22,23). The third-order valence-electron chi connectivity index (χ3n) is 4.39. The molecule has 2 aromatic heterocycles. The summed E-state index contributed by atoms with van der Waals surface area (Å²) in [5, 5.41) is 12.9. The molecule has 3 rings (SSSR count). The van der Waals surface area contributed by atoms with Crippen LogP contribution in [0.4, 0.5) is 0 Å². The van der Waals surface area contributed by atoms with Gasteiger partial charge in [-0.25, -0.2) is 15.0 Å². The van der Waals surface area contributed by atoms with Crippen LogP contribution in [0, 0.1) is 5.92 Å². The molecule has 2 N–H and O–H groups in total. The molecule has 2 atom stereocenters. The summed E-state index contributed by atoms with van der Waals surface area (Å²) in [5.74, 6) is -1.26. The van der Waals surface area contributed by atoms with Crippen LogP contribution in [-0.4, -0.2) is 37.5 Å². The van der Waals surface area contributed by atoms with Gasteiger partial charge in [-0.05, 0) is 25.8 Å². The Kier molecular flexibility index (Phi) is 4.57. The van der Waals surface area contributed by atoms with E-state index < -0.39 is 17.4 Å².